The minimum atomic E-state index is -0.329. The van der Waals surface area contributed by atoms with Gasteiger partial charge in [0.15, 0.2) is 17.2 Å². The Balaban J connectivity index is 1.56. The Morgan fingerprint density at radius 1 is 0.688 bits per heavy atom. The van der Waals surface area contributed by atoms with Crippen molar-refractivity contribution in [2.75, 3.05) is 0 Å². The van der Waals surface area contributed by atoms with E-state index in [4.69, 9.17) is 9.40 Å². The number of fused-ring (bicyclic) bond motifs is 1. The van der Waals surface area contributed by atoms with Gasteiger partial charge in [-0.2, -0.15) is 0 Å². The molecule has 0 amide bonds. The van der Waals surface area contributed by atoms with Crippen molar-refractivity contribution in [3.8, 4) is 34.2 Å². The molecule has 3 aromatic carbocycles. The lowest BCUT2D eigenvalue weighted by molar-refractivity contribution is 0.543. The van der Waals surface area contributed by atoms with Crippen molar-refractivity contribution in [2.24, 2.45) is 0 Å². The highest BCUT2D eigenvalue weighted by Gasteiger charge is 2.21. The van der Waals surface area contributed by atoms with Gasteiger partial charge in [-0.25, -0.2) is 24.3 Å². The lowest BCUT2D eigenvalue weighted by atomic mass is 9.95. The van der Waals surface area contributed by atoms with Crippen molar-refractivity contribution in [2.45, 2.75) is 26.2 Å². The van der Waals surface area contributed by atoms with E-state index in [-0.39, 0.29) is 11.2 Å². The van der Waals surface area contributed by atoms with Crippen LogP contribution in [-0.4, -0.2) is 19.9 Å². The summed E-state index contributed by atoms with van der Waals surface area (Å²) in [7, 11) is 0. The number of oxazole rings is 1. The van der Waals surface area contributed by atoms with Crippen LogP contribution < -0.4 is 0 Å². The molecule has 0 saturated carbocycles. The molecule has 158 valence electrons. The highest BCUT2D eigenvalue weighted by molar-refractivity contribution is 5.76. The van der Waals surface area contributed by atoms with Gasteiger partial charge in [0, 0.05) is 22.1 Å². The molecule has 0 aliphatic rings. The Kier molecular flexibility index (Phi) is 4.78. The molecule has 6 heteroatoms. The van der Waals surface area contributed by atoms with E-state index >= 15 is 0 Å². The Bertz CT molecular complexity index is 1390. The van der Waals surface area contributed by atoms with Crippen molar-refractivity contribution in [1.29, 1.82) is 0 Å². The smallest absolute Gasteiger partial charge is 0.227 e. The monoisotopic (exact) mass is 424 g/mol. The molecule has 0 aliphatic heterocycles. The molecule has 0 radical (unpaired) electrons. The molecule has 0 bridgehead atoms. The van der Waals surface area contributed by atoms with Gasteiger partial charge in [-0.1, -0.05) is 57.2 Å². The number of halogens is 1. The molecule has 5 rings (SSSR count). The normalized spacial score (nSPS) is 11.8. The van der Waals surface area contributed by atoms with Gasteiger partial charge < -0.3 is 4.42 Å². The molecule has 32 heavy (non-hydrogen) atoms. The molecule has 0 atom stereocenters. The van der Waals surface area contributed by atoms with E-state index < -0.39 is 0 Å². The number of nitrogens with zero attached hydrogens (tertiary/aromatic N) is 4. The summed E-state index contributed by atoms with van der Waals surface area (Å²) in [6.45, 7) is 6.12. The van der Waals surface area contributed by atoms with Gasteiger partial charge in [0.25, 0.3) is 0 Å². The lowest BCUT2D eigenvalue weighted by Crippen LogP contribution is -2.18. The Morgan fingerprint density at radius 3 is 2.06 bits per heavy atom. The van der Waals surface area contributed by atoms with Crippen molar-refractivity contribution in [3.63, 3.8) is 0 Å². The maximum Gasteiger partial charge on any atom is 0.227 e. The first kappa shape index (κ1) is 20.0. The number of rotatable bonds is 3. The Morgan fingerprint density at radius 2 is 1.38 bits per heavy atom. The predicted octanol–water partition coefficient (Wildman–Crippen LogP) is 6.45. The van der Waals surface area contributed by atoms with Crippen LogP contribution in [0.25, 0.3) is 45.3 Å². The first-order valence-electron chi connectivity index (χ1n) is 10.4. The van der Waals surface area contributed by atoms with Crippen LogP contribution >= 0.6 is 0 Å². The van der Waals surface area contributed by atoms with E-state index in [1.165, 1.54) is 12.1 Å². The average molecular weight is 424 g/mol. The summed E-state index contributed by atoms with van der Waals surface area (Å²) in [4.78, 5) is 18.5. The second-order valence-corrected chi connectivity index (χ2v) is 8.63. The second-order valence-electron chi connectivity index (χ2n) is 8.63. The SMILES string of the molecule is CC(C)(C)c1nc(-c2ccc(-c3nc4ccccc4o3)cc2)nc(-c2cccc(F)c2)n1. The summed E-state index contributed by atoms with van der Waals surface area (Å²) in [6, 6.07) is 21.7. The van der Waals surface area contributed by atoms with Gasteiger partial charge in [-0.15, -0.1) is 0 Å². The fourth-order valence-corrected chi connectivity index (χ4v) is 3.35. The molecule has 0 N–H and O–H groups in total. The number of benzene rings is 3. The highest BCUT2D eigenvalue weighted by Crippen LogP contribution is 2.29. The van der Waals surface area contributed by atoms with E-state index in [9.17, 15) is 4.39 Å². The summed E-state index contributed by atoms with van der Waals surface area (Å²) in [6.07, 6.45) is 0. The summed E-state index contributed by atoms with van der Waals surface area (Å²) in [5.74, 6) is 1.86. The maximum absolute atomic E-state index is 13.8. The third kappa shape index (κ3) is 3.87. The molecular weight excluding hydrogens is 403 g/mol. The van der Waals surface area contributed by atoms with Gasteiger partial charge in [0.2, 0.25) is 5.89 Å². The third-order valence-electron chi connectivity index (χ3n) is 5.07. The minimum absolute atomic E-state index is 0.294. The van der Waals surface area contributed by atoms with Crippen LogP contribution in [0.2, 0.25) is 0 Å². The minimum Gasteiger partial charge on any atom is -0.436 e. The standard InChI is InChI=1S/C26H21FN4O/c1-26(2,3)25-30-22(29-23(31-25)18-7-6-8-19(27)15-18)16-11-13-17(14-12-16)24-28-20-9-4-5-10-21(20)32-24/h4-15H,1-3H3. The summed E-state index contributed by atoms with van der Waals surface area (Å²) >= 11 is 0. The molecule has 0 saturated heterocycles. The van der Waals surface area contributed by atoms with Crippen LogP contribution in [0, 0.1) is 5.82 Å². The molecule has 0 fully saturated rings. The van der Waals surface area contributed by atoms with Gasteiger partial charge in [0.05, 0.1) is 0 Å². The topological polar surface area (TPSA) is 64.7 Å². The van der Waals surface area contributed by atoms with Crippen molar-refractivity contribution < 1.29 is 8.81 Å². The van der Waals surface area contributed by atoms with Crippen LogP contribution in [0.15, 0.2) is 77.2 Å². The van der Waals surface area contributed by atoms with Crippen molar-refractivity contribution >= 4 is 11.1 Å². The third-order valence-corrected chi connectivity index (χ3v) is 5.07. The number of hydrogen-bond acceptors (Lipinski definition) is 5. The quantitative estimate of drug-likeness (QED) is 0.333. The maximum atomic E-state index is 13.8. The lowest BCUT2D eigenvalue weighted by Gasteiger charge is -2.18. The Hall–Kier alpha value is -3.93. The van der Waals surface area contributed by atoms with E-state index in [0.717, 1.165) is 22.2 Å². The van der Waals surface area contributed by atoms with E-state index in [1.807, 2.05) is 69.3 Å². The molecule has 0 unspecified atom stereocenters. The zero-order valence-corrected chi connectivity index (χ0v) is 18.0. The fourth-order valence-electron chi connectivity index (χ4n) is 3.35. The van der Waals surface area contributed by atoms with Gasteiger partial charge in [0.1, 0.15) is 17.2 Å². The summed E-state index contributed by atoms with van der Waals surface area (Å²) < 4.78 is 19.7. The van der Waals surface area contributed by atoms with Gasteiger partial charge in [-0.05, 0) is 36.4 Å². The number of aromatic nitrogens is 4. The predicted molar refractivity (Wildman–Crippen MR) is 122 cm³/mol. The van der Waals surface area contributed by atoms with Crippen molar-refractivity contribution in [3.05, 3.63) is 84.4 Å². The van der Waals surface area contributed by atoms with E-state index in [1.54, 1.807) is 12.1 Å². The molecular formula is C26H21FN4O. The molecule has 2 aromatic heterocycles. The van der Waals surface area contributed by atoms with E-state index in [2.05, 4.69) is 15.0 Å². The molecule has 5 nitrogen and oxygen atoms in total. The average Bonchev–Trinajstić information content (AvgIpc) is 3.23. The largest absolute Gasteiger partial charge is 0.436 e. The van der Waals surface area contributed by atoms with Crippen LogP contribution in [0.1, 0.15) is 26.6 Å². The van der Waals surface area contributed by atoms with Crippen LogP contribution in [0.4, 0.5) is 4.39 Å². The molecule has 2 heterocycles. The second kappa shape index (κ2) is 7.64. The van der Waals surface area contributed by atoms with Crippen LogP contribution in [0.5, 0.6) is 0 Å². The molecule has 0 aliphatic carbocycles. The highest BCUT2D eigenvalue weighted by atomic mass is 19.1. The number of para-hydroxylation sites is 2. The molecule has 5 aromatic rings. The van der Waals surface area contributed by atoms with Crippen LogP contribution in [-0.2, 0) is 5.41 Å². The summed E-state index contributed by atoms with van der Waals surface area (Å²) in [5, 5.41) is 0. The fraction of sp³-hybridized carbons (Fsp3) is 0.154. The number of hydrogen-bond donors (Lipinski definition) is 0. The first-order valence-corrected chi connectivity index (χ1v) is 10.4. The van der Waals surface area contributed by atoms with Gasteiger partial charge in [-0.3, -0.25) is 0 Å². The van der Waals surface area contributed by atoms with Crippen LogP contribution in [0.3, 0.4) is 0 Å². The zero-order valence-electron chi connectivity index (χ0n) is 18.0. The Labute approximate surface area is 185 Å². The first-order chi connectivity index (χ1) is 15.4. The van der Waals surface area contributed by atoms with Crippen molar-refractivity contribution in [1.82, 2.24) is 19.9 Å². The van der Waals surface area contributed by atoms with Gasteiger partial charge >= 0.3 is 0 Å². The van der Waals surface area contributed by atoms with E-state index in [0.29, 0.717) is 28.9 Å². The molecule has 0 spiro atoms. The summed E-state index contributed by atoms with van der Waals surface area (Å²) in [5.41, 5.74) is 3.58. The zero-order chi connectivity index (χ0) is 22.3.